The minimum atomic E-state index is -0.489. The van der Waals surface area contributed by atoms with Gasteiger partial charge in [0, 0.05) is 21.9 Å². The van der Waals surface area contributed by atoms with E-state index >= 15 is 0 Å². The van der Waals surface area contributed by atoms with Crippen molar-refractivity contribution < 1.29 is 19.5 Å². The molecule has 1 saturated heterocycles. The van der Waals surface area contributed by atoms with E-state index in [1.807, 2.05) is 27.7 Å². The Morgan fingerprint density at radius 1 is 1.26 bits per heavy atom. The van der Waals surface area contributed by atoms with E-state index < -0.39 is 17.0 Å². The van der Waals surface area contributed by atoms with Crippen LogP contribution in [-0.4, -0.2) is 45.8 Å². The lowest BCUT2D eigenvalue weighted by Crippen LogP contribution is -2.59. The van der Waals surface area contributed by atoms with Crippen molar-refractivity contribution in [1.29, 1.82) is 0 Å². The van der Waals surface area contributed by atoms with Crippen LogP contribution in [0.4, 0.5) is 4.79 Å². The number of ether oxygens (including phenoxy) is 1. The van der Waals surface area contributed by atoms with Gasteiger partial charge in [0.15, 0.2) is 0 Å². The highest BCUT2D eigenvalue weighted by Crippen LogP contribution is 2.41. The van der Waals surface area contributed by atoms with Crippen LogP contribution in [-0.2, 0) is 14.7 Å². The Labute approximate surface area is 142 Å². The second-order valence-electron chi connectivity index (χ2n) is 7.20. The Morgan fingerprint density at radius 3 is 2.26 bits per heavy atom. The molecule has 131 valence electrons. The van der Waals surface area contributed by atoms with Gasteiger partial charge in [-0.3, -0.25) is 4.79 Å². The van der Waals surface area contributed by atoms with Gasteiger partial charge in [-0.1, -0.05) is 18.3 Å². The third-order valence-electron chi connectivity index (χ3n) is 3.78. The van der Waals surface area contributed by atoms with Gasteiger partial charge in [-0.2, -0.15) is 0 Å². The molecule has 0 aliphatic carbocycles. The predicted molar refractivity (Wildman–Crippen MR) is 90.5 cm³/mol. The summed E-state index contributed by atoms with van der Waals surface area (Å²) in [6.45, 7) is 13.1. The monoisotopic (exact) mass is 343 g/mol. The van der Waals surface area contributed by atoms with Gasteiger partial charge >= 0.3 is 5.97 Å². The molecule has 23 heavy (non-hydrogen) atoms. The molecule has 1 rings (SSSR count). The maximum atomic E-state index is 12.3. The van der Waals surface area contributed by atoms with Crippen LogP contribution < -0.4 is 5.32 Å². The lowest BCUT2D eigenvalue weighted by atomic mass is 9.82. The van der Waals surface area contributed by atoms with Crippen molar-refractivity contribution >= 4 is 23.0 Å². The lowest BCUT2D eigenvalue weighted by Gasteiger charge is -2.49. The van der Waals surface area contributed by atoms with Gasteiger partial charge < -0.3 is 10.1 Å². The molecule has 0 aromatic rings. The topological polar surface area (TPSA) is 78.5 Å². The number of nitrogens with zero attached hydrogens (tertiary/aromatic N) is 1. The molecule has 0 atom stereocenters. The Morgan fingerprint density at radius 2 is 1.78 bits per heavy atom. The Hall–Kier alpha value is -1.05. The number of carbonyl (C=O) groups excluding carboxylic acids is 2. The number of carbonyl (C=O) groups is 2. The summed E-state index contributed by atoms with van der Waals surface area (Å²) in [5.41, 5.74) is -0.646. The molecule has 0 aromatic heterocycles. The van der Waals surface area contributed by atoms with E-state index in [0.29, 0.717) is 18.4 Å². The molecule has 6 nitrogen and oxygen atoms in total. The number of amides is 1. The zero-order chi connectivity index (χ0) is 17.8. The van der Waals surface area contributed by atoms with Crippen molar-refractivity contribution in [3.05, 3.63) is 12.2 Å². The number of hydroxylamine groups is 2. The highest BCUT2D eigenvalue weighted by atomic mass is 32.2. The van der Waals surface area contributed by atoms with Crippen LogP contribution in [0.5, 0.6) is 0 Å². The summed E-state index contributed by atoms with van der Waals surface area (Å²) in [4.78, 5) is 23.2. The van der Waals surface area contributed by atoms with Gasteiger partial charge in [0.05, 0.1) is 6.54 Å². The highest BCUT2D eigenvalue weighted by Gasteiger charge is 2.46. The van der Waals surface area contributed by atoms with Crippen molar-refractivity contribution in [2.75, 3.05) is 13.2 Å². The van der Waals surface area contributed by atoms with E-state index in [9.17, 15) is 14.8 Å². The van der Waals surface area contributed by atoms with Crippen molar-refractivity contribution in [2.45, 2.75) is 63.8 Å². The van der Waals surface area contributed by atoms with Crippen LogP contribution >= 0.6 is 11.8 Å². The van der Waals surface area contributed by atoms with Crippen LogP contribution in [0.1, 0.15) is 47.5 Å². The van der Waals surface area contributed by atoms with E-state index in [2.05, 4.69) is 11.9 Å². The molecule has 7 heteroatoms. The molecule has 0 aromatic carbocycles. The maximum Gasteiger partial charge on any atom is 0.333 e. The van der Waals surface area contributed by atoms with E-state index in [0.717, 1.165) is 5.06 Å². The van der Waals surface area contributed by atoms with Gasteiger partial charge in [0.2, 0.25) is 0 Å². The molecule has 1 aliphatic rings. The normalized spacial score (nSPS) is 20.8. The molecule has 1 amide bonds. The fraction of sp³-hybridized carbons (Fsp3) is 0.750. The average Bonchev–Trinajstić information content (AvgIpc) is 2.39. The maximum absolute atomic E-state index is 12.3. The third-order valence-corrected chi connectivity index (χ3v) is 4.81. The van der Waals surface area contributed by atoms with Gasteiger partial charge in [-0.25, -0.2) is 4.79 Å². The SMILES string of the molecule is C=C(C)C(=O)OCCNC(=O)SC1CC(C)(C)N([O])C(C)(C)C1. The molecular formula is C16H27N2O4S. The average molecular weight is 343 g/mol. The quantitative estimate of drug-likeness (QED) is 0.472. The number of hydrogen-bond donors (Lipinski definition) is 1. The third kappa shape index (κ3) is 5.82. The van der Waals surface area contributed by atoms with Crippen molar-refractivity contribution in [1.82, 2.24) is 10.4 Å². The summed E-state index contributed by atoms with van der Waals surface area (Å²) in [6, 6.07) is 0. The molecule has 0 saturated carbocycles. The molecule has 1 heterocycles. The molecular weight excluding hydrogens is 316 g/mol. The van der Waals surface area contributed by atoms with E-state index in [4.69, 9.17) is 4.74 Å². The first-order chi connectivity index (χ1) is 10.5. The number of rotatable bonds is 5. The summed E-state index contributed by atoms with van der Waals surface area (Å²) in [5.74, 6) is -0.460. The van der Waals surface area contributed by atoms with Gasteiger partial charge in [-0.05, 0) is 47.5 Å². The first-order valence-corrected chi connectivity index (χ1v) is 8.58. The van der Waals surface area contributed by atoms with E-state index in [1.165, 1.54) is 11.8 Å². The Kier molecular flexibility index (Phi) is 6.68. The fourth-order valence-corrected chi connectivity index (χ4v) is 4.34. The first-order valence-electron chi connectivity index (χ1n) is 7.70. The predicted octanol–water partition coefficient (Wildman–Crippen LogP) is 2.92. The van der Waals surface area contributed by atoms with Crippen molar-refractivity contribution in [2.24, 2.45) is 0 Å². The van der Waals surface area contributed by atoms with Crippen LogP contribution in [0.15, 0.2) is 12.2 Å². The van der Waals surface area contributed by atoms with Crippen LogP contribution in [0, 0.1) is 0 Å². The zero-order valence-corrected chi connectivity index (χ0v) is 15.4. The number of piperidine rings is 1. The summed E-state index contributed by atoms with van der Waals surface area (Å²) in [7, 11) is 0. The zero-order valence-electron chi connectivity index (χ0n) is 14.6. The standard InChI is InChI=1S/C16H27N2O4S/c1-11(2)13(19)22-8-7-17-14(20)23-12-9-15(3,4)18(21)16(5,6)10-12/h12H,1,7-10H2,2-6H3,(H,17,20). The van der Waals surface area contributed by atoms with Crippen LogP contribution in [0.25, 0.3) is 0 Å². The molecule has 1 N–H and O–H groups in total. The minimum absolute atomic E-state index is 0.0863. The number of thioether (sulfide) groups is 1. The Balaban J connectivity index is 2.40. The number of nitrogens with one attached hydrogen (secondary N) is 1. The molecule has 1 radical (unpaired) electrons. The molecule has 1 fully saturated rings. The molecule has 1 aliphatic heterocycles. The first kappa shape index (κ1) is 20.0. The van der Waals surface area contributed by atoms with Crippen molar-refractivity contribution in [3.63, 3.8) is 0 Å². The van der Waals surface area contributed by atoms with Crippen molar-refractivity contribution in [3.8, 4) is 0 Å². The van der Waals surface area contributed by atoms with E-state index in [-0.39, 0.29) is 23.6 Å². The summed E-state index contributed by atoms with van der Waals surface area (Å²) >= 11 is 1.22. The smallest absolute Gasteiger partial charge is 0.333 e. The molecule has 0 unspecified atom stereocenters. The van der Waals surface area contributed by atoms with Gasteiger partial charge in [-0.15, -0.1) is 10.3 Å². The number of hydrogen-bond acceptors (Lipinski definition) is 5. The summed E-state index contributed by atoms with van der Waals surface area (Å²) in [6.07, 6.45) is 1.31. The minimum Gasteiger partial charge on any atom is -0.460 e. The molecule has 0 spiro atoms. The summed E-state index contributed by atoms with van der Waals surface area (Å²) in [5, 5.41) is 16.1. The lowest BCUT2D eigenvalue weighted by molar-refractivity contribution is -0.285. The van der Waals surface area contributed by atoms with Crippen LogP contribution in [0.2, 0.25) is 0 Å². The summed E-state index contributed by atoms with van der Waals surface area (Å²) < 4.78 is 4.91. The second-order valence-corrected chi connectivity index (χ2v) is 8.47. The van der Waals surface area contributed by atoms with Gasteiger partial charge in [0.25, 0.3) is 5.24 Å². The largest absolute Gasteiger partial charge is 0.460 e. The number of esters is 1. The second kappa shape index (κ2) is 7.68. The fourth-order valence-electron chi connectivity index (χ4n) is 2.87. The molecule has 0 bridgehead atoms. The highest BCUT2D eigenvalue weighted by molar-refractivity contribution is 8.14. The van der Waals surface area contributed by atoms with Crippen LogP contribution in [0.3, 0.4) is 0 Å². The Bertz CT molecular complexity index is 459. The van der Waals surface area contributed by atoms with E-state index in [1.54, 1.807) is 6.92 Å². The van der Waals surface area contributed by atoms with Gasteiger partial charge in [0.1, 0.15) is 6.61 Å².